The highest BCUT2D eigenvalue weighted by molar-refractivity contribution is 7.25. The molecule has 0 atom stereocenters. The van der Waals surface area contributed by atoms with Crippen molar-refractivity contribution in [2.45, 2.75) is 0 Å². The van der Waals surface area contributed by atoms with Crippen molar-refractivity contribution in [1.82, 2.24) is 0 Å². The predicted octanol–water partition coefficient (Wildman–Crippen LogP) is 14.7. The minimum atomic E-state index is 1.22. The second-order valence-electron chi connectivity index (χ2n) is 13.2. The van der Waals surface area contributed by atoms with Crippen molar-refractivity contribution in [3.63, 3.8) is 0 Å². The van der Waals surface area contributed by atoms with E-state index < -0.39 is 0 Å². The molecule has 0 spiro atoms. The van der Waals surface area contributed by atoms with Crippen molar-refractivity contribution in [3.05, 3.63) is 194 Å². The maximum Gasteiger partial charge on any atom is 0.0361 e. The SMILES string of the molecule is c1ccc(-c2ccc(-c3c4ccccc4c(-c4ccc(-c5ccccc5)cc4)c4cc(-c5cccc6sc7ccccc7c56)ccc34)cc2)cc1. The van der Waals surface area contributed by atoms with Crippen LogP contribution in [0.1, 0.15) is 0 Å². The standard InChI is InChI=1S/C50H32S/c1-3-12-33(13-4-1)35-22-26-37(27-23-35)48-41-16-7-8-17-42(41)49(38-28-24-36(25-29-38)34-14-5-2-6-15-34)45-32-39(30-31-43(45)48)40-19-11-21-47-50(40)44-18-9-10-20-46(44)51-47/h1-32H. The molecule has 238 valence electrons. The number of thiophene rings is 1. The first-order valence-electron chi connectivity index (χ1n) is 17.5. The lowest BCUT2D eigenvalue weighted by Crippen LogP contribution is -1.92. The van der Waals surface area contributed by atoms with Crippen molar-refractivity contribution >= 4 is 53.1 Å². The van der Waals surface area contributed by atoms with E-state index in [1.807, 2.05) is 11.3 Å². The Morgan fingerprint density at radius 1 is 0.255 bits per heavy atom. The summed E-state index contributed by atoms with van der Waals surface area (Å²) >= 11 is 1.87. The van der Waals surface area contributed by atoms with Gasteiger partial charge < -0.3 is 0 Å². The molecule has 10 aromatic rings. The van der Waals surface area contributed by atoms with Crippen LogP contribution in [0.4, 0.5) is 0 Å². The van der Waals surface area contributed by atoms with Crippen LogP contribution in [0, 0.1) is 0 Å². The molecule has 0 bridgehead atoms. The van der Waals surface area contributed by atoms with Gasteiger partial charge in [0.1, 0.15) is 0 Å². The van der Waals surface area contributed by atoms with Crippen LogP contribution in [0.15, 0.2) is 194 Å². The van der Waals surface area contributed by atoms with Gasteiger partial charge in [-0.15, -0.1) is 11.3 Å². The molecule has 51 heavy (non-hydrogen) atoms. The maximum atomic E-state index is 2.45. The Bertz CT molecular complexity index is 2860. The molecule has 0 aliphatic rings. The third-order valence-electron chi connectivity index (χ3n) is 10.3. The van der Waals surface area contributed by atoms with Crippen LogP contribution in [0.25, 0.3) is 97.4 Å². The van der Waals surface area contributed by atoms with E-state index in [1.165, 1.54) is 97.4 Å². The summed E-state index contributed by atoms with van der Waals surface area (Å²) in [5.41, 5.74) is 12.4. The zero-order valence-electron chi connectivity index (χ0n) is 27.9. The highest BCUT2D eigenvalue weighted by Gasteiger charge is 2.19. The molecule has 0 radical (unpaired) electrons. The fraction of sp³-hybridized carbons (Fsp3) is 0. The zero-order valence-corrected chi connectivity index (χ0v) is 28.7. The van der Waals surface area contributed by atoms with Crippen LogP contribution in [0.2, 0.25) is 0 Å². The van der Waals surface area contributed by atoms with Gasteiger partial charge in [0.2, 0.25) is 0 Å². The van der Waals surface area contributed by atoms with Gasteiger partial charge >= 0.3 is 0 Å². The molecule has 9 aromatic carbocycles. The summed E-state index contributed by atoms with van der Waals surface area (Å²) in [5.74, 6) is 0. The molecule has 10 rings (SSSR count). The normalized spacial score (nSPS) is 11.5. The van der Waals surface area contributed by atoms with Gasteiger partial charge in [-0.2, -0.15) is 0 Å². The highest BCUT2D eigenvalue weighted by Crippen LogP contribution is 2.47. The highest BCUT2D eigenvalue weighted by atomic mass is 32.1. The molecule has 0 nitrogen and oxygen atoms in total. The number of hydrogen-bond donors (Lipinski definition) is 0. The van der Waals surface area contributed by atoms with Crippen LogP contribution in [-0.2, 0) is 0 Å². The van der Waals surface area contributed by atoms with Gasteiger partial charge in [-0.05, 0) is 95.4 Å². The van der Waals surface area contributed by atoms with Crippen molar-refractivity contribution in [3.8, 4) is 55.6 Å². The van der Waals surface area contributed by atoms with E-state index in [4.69, 9.17) is 0 Å². The van der Waals surface area contributed by atoms with Crippen LogP contribution in [0.3, 0.4) is 0 Å². The first kappa shape index (κ1) is 29.6. The lowest BCUT2D eigenvalue weighted by atomic mass is 9.84. The average Bonchev–Trinajstić information content (AvgIpc) is 3.60. The van der Waals surface area contributed by atoms with Gasteiger partial charge in [0.25, 0.3) is 0 Å². The molecule has 0 aliphatic carbocycles. The van der Waals surface area contributed by atoms with E-state index in [1.54, 1.807) is 0 Å². The molecule has 0 aliphatic heterocycles. The molecule has 1 heterocycles. The number of hydrogen-bond acceptors (Lipinski definition) is 1. The first-order chi connectivity index (χ1) is 25.3. The zero-order chi connectivity index (χ0) is 33.7. The van der Waals surface area contributed by atoms with Gasteiger partial charge in [0.15, 0.2) is 0 Å². The summed E-state index contributed by atoms with van der Waals surface area (Å²) in [6.07, 6.45) is 0. The summed E-state index contributed by atoms with van der Waals surface area (Å²) in [4.78, 5) is 0. The molecule has 0 unspecified atom stereocenters. The van der Waals surface area contributed by atoms with E-state index in [0.29, 0.717) is 0 Å². The van der Waals surface area contributed by atoms with Gasteiger partial charge in [0, 0.05) is 20.2 Å². The van der Waals surface area contributed by atoms with Crippen LogP contribution in [0.5, 0.6) is 0 Å². The van der Waals surface area contributed by atoms with Crippen LogP contribution in [-0.4, -0.2) is 0 Å². The molecular weight excluding hydrogens is 633 g/mol. The molecule has 0 amide bonds. The lowest BCUT2D eigenvalue weighted by Gasteiger charge is -2.19. The predicted molar refractivity (Wildman–Crippen MR) is 222 cm³/mol. The van der Waals surface area contributed by atoms with Crippen molar-refractivity contribution in [2.75, 3.05) is 0 Å². The molecule has 0 N–H and O–H groups in total. The Hall–Kier alpha value is -6.28. The van der Waals surface area contributed by atoms with E-state index in [0.717, 1.165) is 0 Å². The monoisotopic (exact) mass is 664 g/mol. The fourth-order valence-corrected chi connectivity index (χ4v) is 9.04. The van der Waals surface area contributed by atoms with Crippen molar-refractivity contribution in [1.29, 1.82) is 0 Å². The number of benzene rings is 9. The minimum Gasteiger partial charge on any atom is -0.135 e. The molecule has 0 fully saturated rings. The molecule has 1 heteroatoms. The Kier molecular flexibility index (Phi) is 7.11. The summed E-state index contributed by atoms with van der Waals surface area (Å²) in [5, 5.41) is 7.70. The van der Waals surface area contributed by atoms with E-state index in [2.05, 4.69) is 194 Å². The van der Waals surface area contributed by atoms with Crippen molar-refractivity contribution < 1.29 is 0 Å². The van der Waals surface area contributed by atoms with E-state index >= 15 is 0 Å². The lowest BCUT2D eigenvalue weighted by molar-refractivity contribution is 1.60. The average molecular weight is 665 g/mol. The largest absolute Gasteiger partial charge is 0.135 e. The third-order valence-corrected chi connectivity index (χ3v) is 11.4. The topological polar surface area (TPSA) is 0 Å². The molecular formula is C50H32S. The Morgan fingerprint density at radius 2 is 0.686 bits per heavy atom. The minimum absolute atomic E-state index is 1.22. The smallest absolute Gasteiger partial charge is 0.0361 e. The van der Waals surface area contributed by atoms with Crippen LogP contribution >= 0.6 is 11.3 Å². The Balaban J connectivity index is 1.25. The summed E-state index contributed by atoms with van der Waals surface area (Å²) in [6.45, 7) is 0. The van der Waals surface area contributed by atoms with Crippen molar-refractivity contribution in [2.24, 2.45) is 0 Å². The van der Waals surface area contributed by atoms with Gasteiger partial charge in [-0.1, -0.05) is 176 Å². The third kappa shape index (κ3) is 5.05. The molecule has 1 aromatic heterocycles. The van der Waals surface area contributed by atoms with E-state index in [-0.39, 0.29) is 0 Å². The molecule has 0 saturated heterocycles. The van der Waals surface area contributed by atoms with Gasteiger partial charge in [0.05, 0.1) is 0 Å². The summed E-state index contributed by atoms with van der Waals surface area (Å²) in [6, 6.07) is 71.2. The second kappa shape index (κ2) is 12.2. The maximum absolute atomic E-state index is 2.45. The summed E-state index contributed by atoms with van der Waals surface area (Å²) in [7, 11) is 0. The number of rotatable bonds is 5. The van der Waals surface area contributed by atoms with Gasteiger partial charge in [-0.3, -0.25) is 0 Å². The Morgan fingerprint density at radius 3 is 1.29 bits per heavy atom. The number of fused-ring (bicyclic) bond motifs is 5. The fourth-order valence-electron chi connectivity index (χ4n) is 7.90. The first-order valence-corrected chi connectivity index (χ1v) is 18.3. The summed E-state index contributed by atoms with van der Waals surface area (Å²) < 4.78 is 2.65. The van der Waals surface area contributed by atoms with Gasteiger partial charge in [-0.25, -0.2) is 0 Å². The molecule has 0 saturated carbocycles. The van der Waals surface area contributed by atoms with Crippen LogP contribution < -0.4 is 0 Å². The second-order valence-corrected chi connectivity index (χ2v) is 14.3. The Labute approximate surface area is 301 Å². The quantitative estimate of drug-likeness (QED) is 0.161. The van der Waals surface area contributed by atoms with E-state index in [9.17, 15) is 0 Å².